The normalized spacial score (nSPS) is 22.3. The van der Waals surface area contributed by atoms with Gasteiger partial charge in [-0.1, -0.05) is 0 Å². The molecular formula is C15H17F3N6O2. The molecule has 1 atom stereocenters. The summed E-state index contributed by atoms with van der Waals surface area (Å²) in [6.07, 6.45) is -3.78. The van der Waals surface area contributed by atoms with Crippen LogP contribution in [0, 0.1) is 0 Å². The molecule has 1 unspecified atom stereocenters. The first-order valence-corrected chi connectivity index (χ1v) is 7.53. The van der Waals surface area contributed by atoms with Gasteiger partial charge in [-0.3, -0.25) is 9.48 Å². The lowest BCUT2D eigenvalue weighted by molar-refractivity contribution is -0.142. The number of carbonyl (C=O) groups is 1. The minimum atomic E-state index is -4.66. The van der Waals surface area contributed by atoms with Crippen molar-refractivity contribution in [1.82, 2.24) is 19.7 Å². The van der Waals surface area contributed by atoms with Crippen LogP contribution in [0.1, 0.15) is 28.7 Å². The summed E-state index contributed by atoms with van der Waals surface area (Å²) in [6.45, 7) is -0.977. The van der Waals surface area contributed by atoms with Crippen molar-refractivity contribution < 1.29 is 26.8 Å². The van der Waals surface area contributed by atoms with E-state index >= 15 is 0 Å². The fourth-order valence-corrected chi connectivity index (χ4v) is 2.54. The van der Waals surface area contributed by atoms with Crippen LogP contribution in [0.25, 0.3) is 0 Å². The molecule has 2 N–H and O–H groups in total. The average molecular weight is 373 g/mol. The number of hydrogen-bond donors (Lipinski definition) is 2. The van der Waals surface area contributed by atoms with Crippen LogP contribution in [0.3, 0.4) is 0 Å². The van der Waals surface area contributed by atoms with Gasteiger partial charge in [-0.2, -0.15) is 23.3 Å². The molecule has 0 bridgehead atoms. The summed E-state index contributed by atoms with van der Waals surface area (Å²) in [7, 11) is 1.26. The first kappa shape index (κ1) is 14.3. The largest absolute Gasteiger partial charge is 0.465 e. The van der Waals surface area contributed by atoms with Gasteiger partial charge in [0.2, 0.25) is 5.95 Å². The topological polar surface area (TPSA) is 94.0 Å². The van der Waals surface area contributed by atoms with Crippen LogP contribution < -0.4 is 10.6 Å². The van der Waals surface area contributed by atoms with Crippen molar-refractivity contribution >= 4 is 23.6 Å². The molecule has 0 spiro atoms. The highest BCUT2D eigenvalue weighted by Crippen LogP contribution is 2.35. The van der Waals surface area contributed by atoms with Crippen LogP contribution in [-0.2, 0) is 28.1 Å². The van der Waals surface area contributed by atoms with E-state index in [-0.39, 0.29) is 24.1 Å². The zero-order valence-electron chi connectivity index (χ0n) is 16.8. The molecule has 1 aliphatic rings. The van der Waals surface area contributed by atoms with Gasteiger partial charge in [0.05, 0.1) is 12.3 Å². The molecule has 3 heterocycles. The second-order valence-corrected chi connectivity index (χ2v) is 5.87. The fraction of sp³-hybridized carbons (Fsp3) is 0.467. The zero-order chi connectivity index (χ0) is 21.6. The molecule has 26 heavy (non-hydrogen) atoms. The Morgan fingerprint density at radius 2 is 2.23 bits per heavy atom. The summed E-state index contributed by atoms with van der Waals surface area (Å²) in [4.78, 5) is 19.4. The van der Waals surface area contributed by atoms with Gasteiger partial charge >= 0.3 is 12.1 Å². The first-order chi connectivity index (χ1) is 13.4. The Kier molecular flexibility index (Phi) is 3.39. The van der Waals surface area contributed by atoms with Crippen molar-refractivity contribution in [2.45, 2.75) is 24.9 Å². The monoisotopic (exact) mass is 373 g/mol. The number of hydrogen-bond acceptors (Lipinski definition) is 7. The van der Waals surface area contributed by atoms with Gasteiger partial charge in [-0.15, -0.1) is 0 Å². The van der Waals surface area contributed by atoms with Gasteiger partial charge in [0.1, 0.15) is 22.6 Å². The number of rotatable bonds is 4. The molecular weight excluding hydrogens is 353 g/mol. The molecule has 11 heteroatoms. The predicted octanol–water partition coefficient (Wildman–Crippen LogP) is 2.22. The van der Waals surface area contributed by atoms with Crippen LogP contribution in [-0.4, -0.2) is 39.4 Å². The molecule has 1 saturated heterocycles. The highest BCUT2D eigenvalue weighted by Gasteiger charge is 2.44. The lowest BCUT2D eigenvalue weighted by Gasteiger charge is -2.14. The molecule has 0 saturated carbocycles. The molecule has 140 valence electrons. The van der Waals surface area contributed by atoms with Gasteiger partial charge in [0, 0.05) is 36.8 Å². The lowest BCUT2D eigenvalue weighted by Crippen LogP contribution is -2.28. The standard InChI is InChI=1S/C15H17F3N6O2/c1-14(4-5-26-12(14)25)9-6-10(24(3)23-9)21-13-20-7-8(15(16,17)18)11(19-2)22-13/h6-7H,4-5H2,1-3H3,(H2,19,20,21,22)/i3D3. The third kappa shape index (κ3) is 3.04. The predicted molar refractivity (Wildman–Crippen MR) is 86.0 cm³/mol. The molecule has 0 radical (unpaired) electrons. The molecule has 0 aromatic carbocycles. The average Bonchev–Trinajstić information content (AvgIpc) is 3.18. The van der Waals surface area contributed by atoms with E-state index in [4.69, 9.17) is 8.85 Å². The zero-order valence-corrected chi connectivity index (χ0v) is 13.8. The van der Waals surface area contributed by atoms with Crippen LogP contribution in [0.15, 0.2) is 12.3 Å². The summed E-state index contributed by atoms with van der Waals surface area (Å²) < 4.78 is 67.5. The van der Waals surface area contributed by atoms with Crippen LogP contribution in [0.2, 0.25) is 0 Å². The third-order valence-corrected chi connectivity index (χ3v) is 4.13. The SMILES string of the molecule is [2H]C([2H])([2H])n1nc(C2(C)CCOC2=O)cc1Nc1ncc(C(F)(F)F)c(NC)n1. The Labute approximate surface area is 151 Å². The quantitative estimate of drug-likeness (QED) is 0.794. The van der Waals surface area contributed by atoms with E-state index in [1.165, 1.54) is 13.1 Å². The Hall–Kier alpha value is -2.85. The van der Waals surface area contributed by atoms with Gasteiger partial charge in [-0.25, -0.2) is 4.98 Å². The number of aryl methyl sites for hydroxylation is 1. The van der Waals surface area contributed by atoms with Crippen LogP contribution >= 0.6 is 0 Å². The molecule has 0 aliphatic carbocycles. The number of esters is 1. The lowest BCUT2D eigenvalue weighted by atomic mass is 9.85. The smallest absolute Gasteiger partial charge is 0.421 e. The summed E-state index contributed by atoms with van der Waals surface area (Å²) in [5.41, 5.74) is -2.06. The van der Waals surface area contributed by atoms with Gasteiger partial charge in [0.15, 0.2) is 0 Å². The molecule has 0 amide bonds. The van der Waals surface area contributed by atoms with Crippen molar-refractivity contribution in [3.05, 3.63) is 23.5 Å². The Morgan fingerprint density at radius 3 is 2.81 bits per heavy atom. The van der Waals surface area contributed by atoms with Crippen LogP contribution in [0.5, 0.6) is 0 Å². The van der Waals surface area contributed by atoms with Crippen molar-refractivity contribution in [1.29, 1.82) is 0 Å². The molecule has 3 rings (SSSR count). The van der Waals surface area contributed by atoms with E-state index < -0.39 is 35.9 Å². The van der Waals surface area contributed by atoms with E-state index in [9.17, 15) is 18.0 Å². The molecule has 1 aliphatic heterocycles. The second kappa shape index (κ2) is 6.15. The number of ether oxygens (including phenoxy) is 1. The highest BCUT2D eigenvalue weighted by molar-refractivity contribution is 5.84. The minimum Gasteiger partial charge on any atom is -0.465 e. The minimum absolute atomic E-state index is 0.109. The molecule has 2 aromatic heterocycles. The van der Waals surface area contributed by atoms with Gasteiger partial charge < -0.3 is 15.4 Å². The van der Waals surface area contributed by atoms with E-state index in [1.54, 1.807) is 6.92 Å². The van der Waals surface area contributed by atoms with Crippen molar-refractivity contribution in [3.63, 3.8) is 0 Å². The van der Waals surface area contributed by atoms with E-state index in [2.05, 4.69) is 25.7 Å². The number of alkyl halides is 3. The molecule has 1 fully saturated rings. The number of nitrogens with zero attached hydrogens (tertiary/aromatic N) is 4. The number of cyclic esters (lactones) is 1. The summed E-state index contributed by atoms with van der Waals surface area (Å²) >= 11 is 0. The van der Waals surface area contributed by atoms with Crippen molar-refractivity contribution in [3.8, 4) is 0 Å². The van der Waals surface area contributed by atoms with E-state index in [0.29, 0.717) is 17.3 Å². The highest BCUT2D eigenvalue weighted by atomic mass is 19.4. The van der Waals surface area contributed by atoms with Crippen molar-refractivity contribution in [2.75, 3.05) is 24.3 Å². The summed E-state index contributed by atoms with van der Waals surface area (Å²) in [6, 6.07) is 1.32. The third-order valence-electron chi connectivity index (χ3n) is 4.13. The van der Waals surface area contributed by atoms with Crippen molar-refractivity contribution in [2.24, 2.45) is 6.98 Å². The number of anilines is 3. The van der Waals surface area contributed by atoms with E-state index in [1.807, 2.05) is 0 Å². The first-order valence-electron chi connectivity index (χ1n) is 9.03. The maximum Gasteiger partial charge on any atom is 0.421 e. The van der Waals surface area contributed by atoms with Gasteiger partial charge in [0.25, 0.3) is 0 Å². The number of aromatic nitrogens is 4. The summed E-state index contributed by atoms with van der Waals surface area (Å²) in [5.74, 6) is -1.41. The Morgan fingerprint density at radius 1 is 1.46 bits per heavy atom. The number of nitrogens with one attached hydrogen (secondary N) is 2. The Bertz CT molecular complexity index is 946. The number of halogens is 3. The van der Waals surface area contributed by atoms with E-state index in [0.717, 1.165) is 0 Å². The molecule has 2 aromatic rings. The Balaban J connectivity index is 2.02. The second-order valence-electron chi connectivity index (χ2n) is 5.87. The maximum absolute atomic E-state index is 13.0. The fourth-order valence-electron chi connectivity index (χ4n) is 2.54. The number of carbonyl (C=O) groups excluding carboxylic acids is 1. The maximum atomic E-state index is 13.0. The van der Waals surface area contributed by atoms with Gasteiger partial charge in [-0.05, 0) is 6.92 Å². The molecule has 8 nitrogen and oxygen atoms in total. The summed E-state index contributed by atoms with van der Waals surface area (Å²) in [5, 5.41) is 8.92. The van der Waals surface area contributed by atoms with Crippen LogP contribution in [0.4, 0.5) is 30.8 Å².